The lowest BCUT2D eigenvalue weighted by Gasteiger charge is -2.11. The standard InChI is InChI=1S/C11H10BrNO3/c1-15-8-3-2-5-13-9(8)10(14)11-7(12)4-6-16-11/h2-6,10,14H,1H3. The molecule has 1 N–H and O–H groups in total. The maximum atomic E-state index is 10.1. The molecule has 2 heterocycles. The third-order valence-corrected chi connectivity index (χ3v) is 2.83. The van der Waals surface area contributed by atoms with Crippen molar-refractivity contribution in [3.05, 3.63) is 46.6 Å². The van der Waals surface area contributed by atoms with Gasteiger partial charge in [0, 0.05) is 6.20 Å². The van der Waals surface area contributed by atoms with E-state index in [1.54, 1.807) is 24.4 Å². The van der Waals surface area contributed by atoms with E-state index in [1.165, 1.54) is 13.4 Å². The van der Waals surface area contributed by atoms with Crippen LogP contribution >= 0.6 is 15.9 Å². The number of aliphatic hydroxyl groups excluding tert-OH is 1. The first-order valence-corrected chi connectivity index (χ1v) is 5.43. The second kappa shape index (κ2) is 4.67. The maximum Gasteiger partial charge on any atom is 0.158 e. The van der Waals surface area contributed by atoms with E-state index in [0.29, 0.717) is 21.7 Å². The molecule has 2 aromatic rings. The quantitative estimate of drug-likeness (QED) is 0.941. The molecule has 1 unspecified atom stereocenters. The van der Waals surface area contributed by atoms with Crippen LogP contribution < -0.4 is 4.74 Å². The van der Waals surface area contributed by atoms with E-state index in [0.717, 1.165) is 0 Å². The van der Waals surface area contributed by atoms with Crippen LogP contribution in [0, 0.1) is 0 Å². The van der Waals surface area contributed by atoms with Crippen molar-refractivity contribution in [2.24, 2.45) is 0 Å². The summed E-state index contributed by atoms with van der Waals surface area (Å²) in [5.41, 5.74) is 0.431. The van der Waals surface area contributed by atoms with Crippen LogP contribution in [0.2, 0.25) is 0 Å². The van der Waals surface area contributed by atoms with Gasteiger partial charge in [-0.1, -0.05) is 0 Å². The van der Waals surface area contributed by atoms with Crippen LogP contribution in [0.1, 0.15) is 17.6 Å². The fraction of sp³-hybridized carbons (Fsp3) is 0.182. The molecule has 0 aliphatic rings. The number of hydrogen-bond acceptors (Lipinski definition) is 4. The Morgan fingerprint density at radius 2 is 2.31 bits per heavy atom. The van der Waals surface area contributed by atoms with Crippen molar-refractivity contribution in [2.45, 2.75) is 6.10 Å². The van der Waals surface area contributed by atoms with Crippen molar-refractivity contribution in [2.75, 3.05) is 7.11 Å². The predicted octanol–water partition coefficient (Wildman–Crippen LogP) is 2.53. The second-order valence-corrected chi connectivity index (χ2v) is 3.98. The molecule has 84 valence electrons. The average molecular weight is 284 g/mol. The molecule has 0 saturated carbocycles. The fourth-order valence-corrected chi connectivity index (χ4v) is 1.82. The zero-order valence-electron chi connectivity index (χ0n) is 8.55. The van der Waals surface area contributed by atoms with Crippen molar-refractivity contribution >= 4 is 15.9 Å². The zero-order valence-corrected chi connectivity index (χ0v) is 10.1. The molecule has 4 nitrogen and oxygen atoms in total. The molecule has 2 rings (SSSR count). The van der Waals surface area contributed by atoms with Crippen LogP contribution in [0.5, 0.6) is 5.75 Å². The second-order valence-electron chi connectivity index (χ2n) is 3.13. The fourth-order valence-electron chi connectivity index (χ4n) is 1.41. The Balaban J connectivity index is 2.41. The van der Waals surface area contributed by atoms with Crippen LogP contribution in [0.25, 0.3) is 0 Å². The summed E-state index contributed by atoms with van der Waals surface area (Å²) in [6.07, 6.45) is 2.15. The molecule has 1 atom stereocenters. The summed E-state index contributed by atoms with van der Waals surface area (Å²) >= 11 is 3.29. The van der Waals surface area contributed by atoms with Gasteiger partial charge in [-0.3, -0.25) is 4.98 Å². The van der Waals surface area contributed by atoms with E-state index < -0.39 is 6.10 Å². The van der Waals surface area contributed by atoms with Crippen LogP contribution in [-0.4, -0.2) is 17.2 Å². The first-order valence-electron chi connectivity index (χ1n) is 4.64. The molecule has 5 heteroatoms. The highest BCUT2D eigenvalue weighted by Gasteiger charge is 2.21. The minimum atomic E-state index is -0.944. The lowest BCUT2D eigenvalue weighted by atomic mass is 10.1. The van der Waals surface area contributed by atoms with Gasteiger partial charge in [-0.15, -0.1) is 0 Å². The number of aliphatic hydroxyl groups is 1. The molecular formula is C11H10BrNO3. The number of nitrogens with zero attached hydrogens (tertiary/aromatic N) is 1. The van der Waals surface area contributed by atoms with Crippen LogP contribution in [-0.2, 0) is 0 Å². The maximum absolute atomic E-state index is 10.1. The number of rotatable bonds is 3. The van der Waals surface area contributed by atoms with E-state index in [9.17, 15) is 5.11 Å². The summed E-state index contributed by atoms with van der Waals surface area (Å²) in [7, 11) is 1.53. The Kier molecular flexibility index (Phi) is 3.26. The molecular weight excluding hydrogens is 274 g/mol. The minimum absolute atomic E-state index is 0.414. The smallest absolute Gasteiger partial charge is 0.158 e. The Morgan fingerprint density at radius 1 is 1.50 bits per heavy atom. The van der Waals surface area contributed by atoms with Gasteiger partial charge in [0.05, 0.1) is 17.8 Å². The molecule has 0 aliphatic carbocycles. The summed E-state index contributed by atoms with van der Waals surface area (Å²) in [4.78, 5) is 4.09. The normalized spacial score (nSPS) is 12.4. The van der Waals surface area contributed by atoms with Crippen molar-refractivity contribution in [3.8, 4) is 5.75 Å². The van der Waals surface area contributed by atoms with E-state index >= 15 is 0 Å². The van der Waals surface area contributed by atoms with Crippen LogP contribution in [0.4, 0.5) is 0 Å². The highest BCUT2D eigenvalue weighted by atomic mass is 79.9. The van der Waals surface area contributed by atoms with Gasteiger partial charge >= 0.3 is 0 Å². The van der Waals surface area contributed by atoms with Crippen molar-refractivity contribution in [1.82, 2.24) is 4.98 Å². The number of ether oxygens (including phenoxy) is 1. The van der Waals surface area contributed by atoms with E-state index in [4.69, 9.17) is 9.15 Å². The lowest BCUT2D eigenvalue weighted by molar-refractivity contribution is 0.179. The topological polar surface area (TPSA) is 55.5 Å². The Bertz CT molecular complexity index is 484. The number of halogens is 1. The number of aromatic nitrogens is 1. The molecule has 0 aliphatic heterocycles. The number of methoxy groups -OCH3 is 1. The van der Waals surface area contributed by atoms with Gasteiger partial charge in [-0.05, 0) is 34.1 Å². The van der Waals surface area contributed by atoms with E-state index in [2.05, 4.69) is 20.9 Å². The third kappa shape index (κ3) is 1.96. The van der Waals surface area contributed by atoms with E-state index in [1.807, 2.05) is 0 Å². The average Bonchev–Trinajstić information content (AvgIpc) is 2.74. The highest BCUT2D eigenvalue weighted by Crippen LogP contribution is 2.32. The van der Waals surface area contributed by atoms with Crippen LogP contribution in [0.15, 0.2) is 39.5 Å². The van der Waals surface area contributed by atoms with Crippen molar-refractivity contribution in [1.29, 1.82) is 0 Å². The Labute approximate surface area is 101 Å². The largest absolute Gasteiger partial charge is 0.495 e. The summed E-state index contributed by atoms with van der Waals surface area (Å²) in [6.45, 7) is 0. The van der Waals surface area contributed by atoms with Gasteiger partial charge in [0.1, 0.15) is 11.4 Å². The first-order chi connectivity index (χ1) is 7.74. The van der Waals surface area contributed by atoms with E-state index in [-0.39, 0.29) is 0 Å². The Morgan fingerprint density at radius 3 is 2.94 bits per heavy atom. The zero-order chi connectivity index (χ0) is 11.5. The van der Waals surface area contributed by atoms with Gasteiger partial charge in [-0.2, -0.15) is 0 Å². The minimum Gasteiger partial charge on any atom is -0.495 e. The van der Waals surface area contributed by atoms with Crippen LogP contribution in [0.3, 0.4) is 0 Å². The number of hydrogen-bond donors (Lipinski definition) is 1. The van der Waals surface area contributed by atoms with Gasteiger partial charge in [0.25, 0.3) is 0 Å². The predicted molar refractivity (Wildman–Crippen MR) is 61.3 cm³/mol. The Hall–Kier alpha value is -1.33. The molecule has 0 bridgehead atoms. The summed E-state index contributed by atoms with van der Waals surface area (Å²) in [5, 5.41) is 10.1. The van der Waals surface area contributed by atoms with Gasteiger partial charge in [0.15, 0.2) is 11.9 Å². The summed E-state index contributed by atoms with van der Waals surface area (Å²) in [5.74, 6) is 0.940. The van der Waals surface area contributed by atoms with Gasteiger partial charge < -0.3 is 14.3 Å². The summed E-state index contributed by atoms with van der Waals surface area (Å²) in [6, 6.07) is 5.20. The monoisotopic (exact) mass is 283 g/mol. The van der Waals surface area contributed by atoms with Crippen molar-refractivity contribution in [3.63, 3.8) is 0 Å². The van der Waals surface area contributed by atoms with Crippen molar-refractivity contribution < 1.29 is 14.3 Å². The molecule has 0 amide bonds. The summed E-state index contributed by atoms with van der Waals surface area (Å²) < 4.78 is 11.0. The molecule has 0 fully saturated rings. The van der Waals surface area contributed by atoms with Gasteiger partial charge in [-0.25, -0.2) is 0 Å². The molecule has 0 spiro atoms. The first kappa shape index (κ1) is 11.2. The van der Waals surface area contributed by atoms with Gasteiger partial charge in [0.2, 0.25) is 0 Å². The third-order valence-electron chi connectivity index (χ3n) is 2.17. The number of pyridine rings is 1. The number of furan rings is 1. The molecule has 16 heavy (non-hydrogen) atoms. The molecule has 0 saturated heterocycles. The molecule has 2 aromatic heterocycles. The highest BCUT2D eigenvalue weighted by molar-refractivity contribution is 9.10. The SMILES string of the molecule is COc1cccnc1C(O)c1occc1Br. The molecule has 0 aromatic carbocycles. The lowest BCUT2D eigenvalue weighted by Crippen LogP contribution is -2.04. The molecule has 0 radical (unpaired) electrons.